The molecule has 1 aliphatic rings. The third-order valence-electron chi connectivity index (χ3n) is 2.66. The predicted octanol–water partition coefficient (Wildman–Crippen LogP) is 2.80. The van der Waals surface area contributed by atoms with E-state index in [2.05, 4.69) is 10.2 Å². The first-order valence-corrected chi connectivity index (χ1v) is 6.38. The Bertz CT molecular complexity index is 435. The zero-order valence-electron chi connectivity index (χ0n) is 9.49. The van der Waals surface area contributed by atoms with E-state index in [0.717, 1.165) is 25.8 Å². The maximum atomic E-state index is 12.3. The summed E-state index contributed by atoms with van der Waals surface area (Å²) < 4.78 is 0. The highest BCUT2D eigenvalue weighted by Crippen LogP contribution is 2.29. The van der Waals surface area contributed by atoms with Crippen molar-refractivity contribution < 1.29 is 4.79 Å². The molecule has 1 saturated carbocycles. The third kappa shape index (κ3) is 2.87. The zero-order chi connectivity index (χ0) is 12.4. The van der Waals surface area contributed by atoms with Crippen molar-refractivity contribution in [3.05, 3.63) is 21.9 Å². The van der Waals surface area contributed by atoms with Crippen molar-refractivity contribution in [1.82, 2.24) is 15.1 Å². The quantitative estimate of drug-likeness (QED) is 0.848. The number of carbonyl (C=O) groups excluding carboxylic acids is 1. The molecule has 1 heterocycles. The van der Waals surface area contributed by atoms with Gasteiger partial charge in [-0.1, -0.05) is 30.1 Å². The van der Waals surface area contributed by atoms with Crippen LogP contribution >= 0.6 is 23.2 Å². The second kappa shape index (κ2) is 5.19. The molecule has 0 unspecified atom stereocenters. The first-order chi connectivity index (χ1) is 8.13. The van der Waals surface area contributed by atoms with Crippen molar-refractivity contribution >= 4 is 29.1 Å². The van der Waals surface area contributed by atoms with Crippen LogP contribution in [0.3, 0.4) is 0 Å². The van der Waals surface area contributed by atoms with Gasteiger partial charge in [-0.15, -0.1) is 10.2 Å². The van der Waals surface area contributed by atoms with Crippen LogP contribution in [0.25, 0.3) is 0 Å². The van der Waals surface area contributed by atoms with Crippen molar-refractivity contribution in [2.24, 2.45) is 0 Å². The normalized spacial score (nSPS) is 14.8. The van der Waals surface area contributed by atoms with E-state index in [1.165, 1.54) is 6.07 Å². The van der Waals surface area contributed by atoms with Crippen LogP contribution in [0, 0.1) is 0 Å². The van der Waals surface area contributed by atoms with Crippen LogP contribution in [0.4, 0.5) is 0 Å². The topological polar surface area (TPSA) is 46.1 Å². The molecule has 0 bridgehead atoms. The largest absolute Gasteiger partial charge is 0.336 e. The Morgan fingerprint density at radius 3 is 2.76 bits per heavy atom. The van der Waals surface area contributed by atoms with E-state index >= 15 is 0 Å². The molecule has 0 spiro atoms. The highest BCUT2D eigenvalue weighted by molar-refractivity contribution is 6.34. The van der Waals surface area contributed by atoms with Crippen molar-refractivity contribution in [2.75, 3.05) is 6.54 Å². The number of carbonyl (C=O) groups is 1. The van der Waals surface area contributed by atoms with E-state index in [1.54, 1.807) is 0 Å². The second-order valence-corrected chi connectivity index (χ2v) is 4.85. The van der Waals surface area contributed by atoms with Crippen molar-refractivity contribution in [3.63, 3.8) is 0 Å². The summed E-state index contributed by atoms with van der Waals surface area (Å²) in [5, 5.41) is 7.56. The molecule has 0 aliphatic heterocycles. The Morgan fingerprint density at radius 1 is 1.47 bits per heavy atom. The molecule has 1 aromatic rings. The van der Waals surface area contributed by atoms with Gasteiger partial charge in [0.05, 0.1) is 5.56 Å². The second-order valence-electron chi connectivity index (χ2n) is 4.10. The van der Waals surface area contributed by atoms with Crippen molar-refractivity contribution in [3.8, 4) is 0 Å². The molecule has 6 heteroatoms. The zero-order valence-corrected chi connectivity index (χ0v) is 11.0. The fourth-order valence-electron chi connectivity index (χ4n) is 1.73. The number of amides is 1. The van der Waals surface area contributed by atoms with Gasteiger partial charge in [0.1, 0.15) is 0 Å². The molecule has 17 heavy (non-hydrogen) atoms. The first-order valence-electron chi connectivity index (χ1n) is 5.63. The van der Waals surface area contributed by atoms with E-state index in [0.29, 0.717) is 11.6 Å². The predicted molar refractivity (Wildman–Crippen MR) is 66.4 cm³/mol. The molecule has 4 nitrogen and oxygen atoms in total. The highest BCUT2D eigenvalue weighted by Gasteiger charge is 2.33. The molecule has 0 saturated heterocycles. The lowest BCUT2D eigenvalue weighted by Gasteiger charge is -2.21. The maximum Gasteiger partial charge on any atom is 0.257 e. The van der Waals surface area contributed by atoms with Crippen molar-refractivity contribution in [2.45, 2.75) is 32.2 Å². The summed E-state index contributed by atoms with van der Waals surface area (Å²) in [4.78, 5) is 14.2. The summed E-state index contributed by atoms with van der Waals surface area (Å²) >= 11 is 11.6. The minimum Gasteiger partial charge on any atom is -0.336 e. The molecule has 0 atom stereocenters. The fraction of sp³-hybridized carbons (Fsp3) is 0.545. The van der Waals surface area contributed by atoms with Crippen LogP contribution < -0.4 is 0 Å². The van der Waals surface area contributed by atoms with Gasteiger partial charge in [-0.05, 0) is 25.3 Å². The van der Waals surface area contributed by atoms with Gasteiger partial charge < -0.3 is 4.90 Å². The Kier molecular flexibility index (Phi) is 3.84. The van der Waals surface area contributed by atoms with Gasteiger partial charge in [0, 0.05) is 12.6 Å². The molecule has 1 amide bonds. The summed E-state index contributed by atoms with van der Waals surface area (Å²) in [6.45, 7) is 2.78. The van der Waals surface area contributed by atoms with Gasteiger partial charge in [-0.3, -0.25) is 4.79 Å². The minimum atomic E-state index is -0.101. The van der Waals surface area contributed by atoms with Gasteiger partial charge in [-0.25, -0.2) is 0 Å². The minimum absolute atomic E-state index is 0.101. The molecule has 1 aliphatic carbocycles. The Labute approximate surface area is 110 Å². The fourth-order valence-corrected chi connectivity index (χ4v) is 2.05. The number of aromatic nitrogens is 2. The van der Waals surface area contributed by atoms with Crippen LogP contribution in [-0.4, -0.2) is 33.6 Å². The van der Waals surface area contributed by atoms with Gasteiger partial charge in [0.15, 0.2) is 10.3 Å². The molecular formula is C11H13Cl2N3O. The summed E-state index contributed by atoms with van der Waals surface area (Å²) in [6, 6.07) is 1.83. The molecule has 1 fully saturated rings. The number of nitrogens with zero attached hydrogens (tertiary/aromatic N) is 3. The summed E-state index contributed by atoms with van der Waals surface area (Å²) in [7, 11) is 0. The van der Waals surface area contributed by atoms with Gasteiger partial charge in [-0.2, -0.15) is 0 Å². The van der Waals surface area contributed by atoms with Crippen LogP contribution in [0.15, 0.2) is 6.07 Å². The van der Waals surface area contributed by atoms with Crippen LogP contribution in [0.1, 0.15) is 36.5 Å². The van der Waals surface area contributed by atoms with Gasteiger partial charge in [0.25, 0.3) is 5.91 Å². The summed E-state index contributed by atoms with van der Waals surface area (Å²) in [6.07, 6.45) is 3.05. The number of hydrogen-bond acceptors (Lipinski definition) is 3. The van der Waals surface area contributed by atoms with E-state index in [4.69, 9.17) is 23.2 Å². The Hall–Kier alpha value is -0.870. The maximum absolute atomic E-state index is 12.3. The lowest BCUT2D eigenvalue weighted by molar-refractivity contribution is 0.0742. The first kappa shape index (κ1) is 12.6. The standard InChI is InChI=1S/C11H13Cl2N3O/c1-2-5-16(7-3-4-7)11(17)8-6-9(12)14-15-10(8)13/h6-7H,2-5H2,1H3. The molecule has 2 rings (SSSR count). The van der Waals surface area contributed by atoms with E-state index in [9.17, 15) is 4.79 Å². The summed E-state index contributed by atoms with van der Waals surface area (Å²) in [5.74, 6) is -0.101. The average molecular weight is 274 g/mol. The number of halogens is 2. The lowest BCUT2D eigenvalue weighted by Crippen LogP contribution is -2.34. The van der Waals surface area contributed by atoms with E-state index in [1.807, 2.05) is 11.8 Å². The molecule has 92 valence electrons. The Morgan fingerprint density at radius 2 is 2.18 bits per heavy atom. The summed E-state index contributed by atoms with van der Waals surface area (Å²) in [5.41, 5.74) is 0.340. The molecular weight excluding hydrogens is 261 g/mol. The van der Waals surface area contributed by atoms with E-state index < -0.39 is 0 Å². The average Bonchev–Trinajstić information content (AvgIpc) is 3.12. The molecule has 0 radical (unpaired) electrons. The SMILES string of the molecule is CCCN(C(=O)c1cc(Cl)nnc1Cl)C1CC1. The lowest BCUT2D eigenvalue weighted by atomic mass is 10.2. The van der Waals surface area contributed by atoms with Gasteiger partial charge in [0.2, 0.25) is 0 Å². The Balaban J connectivity index is 2.24. The van der Waals surface area contributed by atoms with Crippen LogP contribution in [0.5, 0.6) is 0 Å². The third-order valence-corrected chi connectivity index (χ3v) is 3.13. The highest BCUT2D eigenvalue weighted by atomic mass is 35.5. The molecule has 0 N–H and O–H groups in total. The monoisotopic (exact) mass is 273 g/mol. The van der Waals surface area contributed by atoms with Crippen LogP contribution in [-0.2, 0) is 0 Å². The number of rotatable bonds is 4. The molecule has 1 aromatic heterocycles. The smallest absolute Gasteiger partial charge is 0.257 e. The number of hydrogen-bond donors (Lipinski definition) is 0. The van der Waals surface area contributed by atoms with Gasteiger partial charge >= 0.3 is 0 Å². The van der Waals surface area contributed by atoms with Crippen LogP contribution in [0.2, 0.25) is 10.3 Å². The molecule has 0 aromatic carbocycles. The van der Waals surface area contributed by atoms with Crippen molar-refractivity contribution in [1.29, 1.82) is 0 Å². The van der Waals surface area contributed by atoms with E-state index in [-0.39, 0.29) is 16.2 Å².